The number of aromatic amines is 1. The lowest BCUT2D eigenvalue weighted by molar-refractivity contribution is -0.128. The SMILES string of the molecule is CC=CCN(C)C(=O)Cc1c[nH]c2ccccc12. The Labute approximate surface area is 107 Å². The average molecular weight is 242 g/mol. The average Bonchev–Trinajstić information content (AvgIpc) is 2.79. The van der Waals surface area contributed by atoms with Crippen LogP contribution < -0.4 is 0 Å². The molecule has 0 aliphatic heterocycles. The Balaban J connectivity index is 2.11. The van der Waals surface area contributed by atoms with Gasteiger partial charge < -0.3 is 9.88 Å². The summed E-state index contributed by atoms with van der Waals surface area (Å²) in [6.07, 6.45) is 6.30. The maximum Gasteiger partial charge on any atom is 0.227 e. The summed E-state index contributed by atoms with van der Waals surface area (Å²) >= 11 is 0. The predicted molar refractivity (Wildman–Crippen MR) is 74.5 cm³/mol. The fourth-order valence-corrected chi connectivity index (χ4v) is 1.94. The van der Waals surface area contributed by atoms with Crippen LogP contribution in [0.1, 0.15) is 12.5 Å². The fourth-order valence-electron chi connectivity index (χ4n) is 1.94. The van der Waals surface area contributed by atoms with Gasteiger partial charge in [0, 0.05) is 30.7 Å². The van der Waals surface area contributed by atoms with E-state index in [2.05, 4.69) is 4.98 Å². The molecule has 1 heterocycles. The number of nitrogens with one attached hydrogen (secondary N) is 1. The zero-order valence-electron chi connectivity index (χ0n) is 10.8. The Morgan fingerprint density at radius 1 is 1.39 bits per heavy atom. The molecule has 2 aromatic rings. The maximum absolute atomic E-state index is 12.0. The fraction of sp³-hybridized carbons (Fsp3) is 0.267. The number of benzene rings is 1. The largest absolute Gasteiger partial charge is 0.361 e. The lowest BCUT2D eigenvalue weighted by atomic mass is 10.1. The van der Waals surface area contributed by atoms with Crippen molar-refractivity contribution in [2.75, 3.05) is 13.6 Å². The minimum Gasteiger partial charge on any atom is -0.361 e. The Bertz CT molecular complexity index is 569. The second-order valence-electron chi connectivity index (χ2n) is 4.38. The monoisotopic (exact) mass is 242 g/mol. The summed E-state index contributed by atoms with van der Waals surface area (Å²) in [5.74, 6) is 0.137. The third-order valence-corrected chi connectivity index (χ3v) is 3.06. The van der Waals surface area contributed by atoms with Gasteiger partial charge in [-0.3, -0.25) is 4.79 Å². The molecular formula is C15H18N2O. The van der Waals surface area contributed by atoms with Gasteiger partial charge in [0.15, 0.2) is 0 Å². The summed E-state index contributed by atoms with van der Waals surface area (Å²) in [5, 5.41) is 1.13. The molecule has 1 N–H and O–H groups in total. The number of allylic oxidation sites excluding steroid dienone is 1. The van der Waals surface area contributed by atoms with Crippen molar-refractivity contribution >= 4 is 16.8 Å². The van der Waals surface area contributed by atoms with Crippen LogP contribution >= 0.6 is 0 Å². The smallest absolute Gasteiger partial charge is 0.227 e. The molecule has 1 amide bonds. The van der Waals surface area contributed by atoms with Crippen molar-refractivity contribution in [1.29, 1.82) is 0 Å². The standard InChI is InChI=1S/C15H18N2O/c1-3-4-9-17(2)15(18)10-12-11-16-14-8-6-5-7-13(12)14/h3-8,11,16H,9-10H2,1-2H3. The quantitative estimate of drug-likeness (QED) is 0.822. The van der Waals surface area contributed by atoms with Gasteiger partial charge in [0.25, 0.3) is 0 Å². The topological polar surface area (TPSA) is 36.1 Å². The van der Waals surface area contributed by atoms with E-state index in [9.17, 15) is 4.79 Å². The summed E-state index contributed by atoms with van der Waals surface area (Å²) in [6, 6.07) is 8.05. The Morgan fingerprint density at radius 3 is 2.94 bits per heavy atom. The van der Waals surface area contributed by atoms with Crippen molar-refractivity contribution in [3.8, 4) is 0 Å². The molecule has 0 saturated carbocycles. The predicted octanol–water partition coefficient (Wildman–Crippen LogP) is 2.74. The summed E-state index contributed by atoms with van der Waals surface area (Å²) in [5.41, 5.74) is 2.14. The van der Waals surface area contributed by atoms with Gasteiger partial charge in [-0.05, 0) is 18.6 Å². The van der Waals surface area contributed by atoms with Gasteiger partial charge in [-0.2, -0.15) is 0 Å². The van der Waals surface area contributed by atoms with Crippen LogP contribution in [0, 0.1) is 0 Å². The van der Waals surface area contributed by atoms with Crippen molar-refractivity contribution in [2.45, 2.75) is 13.3 Å². The van der Waals surface area contributed by atoms with E-state index >= 15 is 0 Å². The highest BCUT2D eigenvalue weighted by molar-refractivity contribution is 5.88. The van der Waals surface area contributed by atoms with Crippen LogP contribution in [0.4, 0.5) is 0 Å². The lowest BCUT2D eigenvalue weighted by Gasteiger charge is -2.14. The van der Waals surface area contributed by atoms with Gasteiger partial charge >= 0.3 is 0 Å². The number of fused-ring (bicyclic) bond motifs is 1. The number of H-pyrrole nitrogens is 1. The van der Waals surface area contributed by atoms with Gasteiger partial charge in [0.2, 0.25) is 5.91 Å². The number of carbonyl (C=O) groups is 1. The second kappa shape index (κ2) is 5.54. The van der Waals surface area contributed by atoms with E-state index in [0.717, 1.165) is 16.5 Å². The number of para-hydroxylation sites is 1. The Kier molecular flexibility index (Phi) is 3.82. The van der Waals surface area contributed by atoms with Crippen LogP contribution in [0.2, 0.25) is 0 Å². The highest BCUT2D eigenvalue weighted by atomic mass is 16.2. The summed E-state index contributed by atoms with van der Waals surface area (Å²) < 4.78 is 0. The van der Waals surface area contributed by atoms with E-state index in [1.54, 1.807) is 4.90 Å². The normalized spacial score (nSPS) is 11.2. The van der Waals surface area contributed by atoms with E-state index in [0.29, 0.717) is 13.0 Å². The molecule has 3 heteroatoms. The third-order valence-electron chi connectivity index (χ3n) is 3.06. The number of aromatic nitrogens is 1. The first kappa shape index (κ1) is 12.4. The number of amides is 1. The second-order valence-corrected chi connectivity index (χ2v) is 4.38. The summed E-state index contributed by atoms with van der Waals surface area (Å²) in [6.45, 7) is 2.62. The molecule has 0 aliphatic rings. The molecule has 18 heavy (non-hydrogen) atoms. The van der Waals surface area contributed by atoms with Crippen LogP contribution in [0.3, 0.4) is 0 Å². The molecule has 0 bridgehead atoms. The molecule has 0 radical (unpaired) electrons. The molecule has 1 aromatic carbocycles. The van der Waals surface area contributed by atoms with Crippen LogP contribution in [0.5, 0.6) is 0 Å². The molecule has 0 spiro atoms. The van der Waals surface area contributed by atoms with Crippen LogP contribution in [0.25, 0.3) is 10.9 Å². The molecule has 94 valence electrons. The van der Waals surface area contributed by atoms with Crippen LogP contribution in [-0.2, 0) is 11.2 Å². The molecular weight excluding hydrogens is 224 g/mol. The van der Waals surface area contributed by atoms with E-state index < -0.39 is 0 Å². The van der Waals surface area contributed by atoms with Crippen molar-refractivity contribution in [1.82, 2.24) is 9.88 Å². The van der Waals surface area contributed by atoms with Gasteiger partial charge in [-0.15, -0.1) is 0 Å². The van der Waals surface area contributed by atoms with Gasteiger partial charge in [0.1, 0.15) is 0 Å². The molecule has 0 fully saturated rings. The number of likely N-dealkylation sites (N-methyl/N-ethyl adjacent to an activating group) is 1. The molecule has 0 unspecified atom stereocenters. The zero-order valence-corrected chi connectivity index (χ0v) is 10.8. The first-order chi connectivity index (χ1) is 8.72. The van der Waals surface area contributed by atoms with Crippen LogP contribution in [-0.4, -0.2) is 29.4 Å². The number of carbonyl (C=O) groups excluding carboxylic acids is 1. The van der Waals surface area contributed by atoms with E-state index in [-0.39, 0.29) is 5.91 Å². The molecule has 3 nitrogen and oxygen atoms in total. The molecule has 0 atom stereocenters. The van der Waals surface area contributed by atoms with Crippen LogP contribution in [0.15, 0.2) is 42.6 Å². The molecule has 1 aromatic heterocycles. The molecule has 2 rings (SSSR count). The Hall–Kier alpha value is -2.03. The number of rotatable bonds is 4. The van der Waals surface area contributed by atoms with Crippen molar-refractivity contribution in [3.63, 3.8) is 0 Å². The lowest BCUT2D eigenvalue weighted by Crippen LogP contribution is -2.28. The first-order valence-corrected chi connectivity index (χ1v) is 6.12. The minimum absolute atomic E-state index is 0.137. The zero-order chi connectivity index (χ0) is 13.0. The van der Waals surface area contributed by atoms with E-state index in [1.807, 2.05) is 56.6 Å². The third kappa shape index (κ3) is 2.62. The van der Waals surface area contributed by atoms with Crippen molar-refractivity contribution in [2.24, 2.45) is 0 Å². The van der Waals surface area contributed by atoms with Gasteiger partial charge in [-0.1, -0.05) is 30.4 Å². The number of hydrogen-bond acceptors (Lipinski definition) is 1. The van der Waals surface area contributed by atoms with Crippen molar-refractivity contribution in [3.05, 3.63) is 48.2 Å². The number of hydrogen-bond donors (Lipinski definition) is 1. The highest BCUT2D eigenvalue weighted by Gasteiger charge is 2.11. The van der Waals surface area contributed by atoms with E-state index in [4.69, 9.17) is 0 Å². The van der Waals surface area contributed by atoms with Gasteiger partial charge in [0.05, 0.1) is 6.42 Å². The Morgan fingerprint density at radius 2 is 2.17 bits per heavy atom. The summed E-state index contributed by atoms with van der Waals surface area (Å²) in [4.78, 5) is 17.0. The summed E-state index contributed by atoms with van der Waals surface area (Å²) in [7, 11) is 1.83. The minimum atomic E-state index is 0.137. The molecule has 0 saturated heterocycles. The highest BCUT2D eigenvalue weighted by Crippen LogP contribution is 2.18. The molecule has 0 aliphatic carbocycles. The maximum atomic E-state index is 12.0. The van der Waals surface area contributed by atoms with E-state index in [1.165, 1.54) is 0 Å². The first-order valence-electron chi connectivity index (χ1n) is 6.12. The van der Waals surface area contributed by atoms with Gasteiger partial charge in [-0.25, -0.2) is 0 Å². The van der Waals surface area contributed by atoms with Crippen molar-refractivity contribution < 1.29 is 4.79 Å². The number of nitrogens with zero attached hydrogens (tertiary/aromatic N) is 1.